The van der Waals surface area contributed by atoms with Gasteiger partial charge in [-0.1, -0.05) is 89.5 Å². The highest BCUT2D eigenvalue weighted by molar-refractivity contribution is 4.80. The fraction of sp³-hybridized carbons (Fsp3) is 1.00. The van der Waals surface area contributed by atoms with Crippen LogP contribution in [0, 0.1) is 21.7 Å². The summed E-state index contributed by atoms with van der Waals surface area (Å²) in [5, 5.41) is 0. The van der Waals surface area contributed by atoms with Crippen molar-refractivity contribution in [1.29, 1.82) is 0 Å². The first-order valence-corrected chi connectivity index (χ1v) is 7.97. The predicted octanol–water partition coefficient (Wildman–Crippen LogP) is 7.33. The van der Waals surface area contributed by atoms with Crippen LogP contribution in [-0.2, 0) is 0 Å². The zero-order valence-corrected chi connectivity index (χ0v) is 16.1. The van der Waals surface area contributed by atoms with Crippen molar-refractivity contribution < 1.29 is 0 Å². The Balaban J connectivity index is 0. The lowest BCUT2D eigenvalue weighted by Gasteiger charge is -2.37. The van der Waals surface area contributed by atoms with Crippen molar-refractivity contribution in [2.24, 2.45) is 21.7 Å². The summed E-state index contributed by atoms with van der Waals surface area (Å²) < 4.78 is 0. The summed E-state index contributed by atoms with van der Waals surface area (Å²) in [6, 6.07) is 0. The fourth-order valence-corrected chi connectivity index (χ4v) is 2.93. The van der Waals surface area contributed by atoms with Gasteiger partial charge in [0.25, 0.3) is 0 Å². The molecule has 0 saturated heterocycles. The standard InChI is InChI=1S/C13H28.C6H14/c1-11(2,3)9-13(7,8)10-12(4,5)6;1-5-6(2,3)4/h9-10H2,1-8H3;5H2,1-4H3. The minimum atomic E-state index is 0.453. The SMILES string of the molecule is CC(C)(C)CC(C)(C)CC(C)(C)C.CCC(C)(C)C. The number of hydrogen-bond donors (Lipinski definition) is 0. The maximum Gasteiger partial charge on any atom is -0.0344 e. The third kappa shape index (κ3) is 20.5. The molecule has 0 saturated carbocycles. The minimum absolute atomic E-state index is 0.453. The van der Waals surface area contributed by atoms with E-state index in [1.807, 2.05) is 0 Å². The van der Waals surface area contributed by atoms with Crippen LogP contribution in [0.15, 0.2) is 0 Å². The van der Waals surface area contributed by atoms with Crippen LogP contribution in [-0.4, -0.2) is 0 Å². The summed E-state index contributed by atoms with van der Waals surface area (Å²) in [5.74, 6) is 0. The van der Waals surface area contributed by atoms with Gasteiger partial charge in [0.05, 0.1) is 0 Å². The Morgan fingerprint density at radius 1 is 0.474 bits per heavy atom. The highest BCUT2D eigenvalue weighted by Crippen LogP contribution is 2.41. The van der Waals surface area contributed by atoms with Gasteiger partial charge in [-0.15, -0.1) is 0 Å². The topological polar surface area (TPSA) is 0 Å². The third-order valence-electron chi connectivity index (χ3n) is 3.08. The summed E-state index contributed by atoms with van der Waals surface area (Å²) in [6.45, 7) is 27.7. The molecule has 118 valence electrons. The van der Waals surface area contributed by atoms with Gasteiger partial charge in [-0.3, -0.25) is 0 Å². The van der Waals surface area contributed by atoms with Gasteiger partial charge in [-0.2, -0.15) is 0 Å². The zero-order valence-electron chi connectivity index (χ0n) is 16.1. The van der Waals surface area contributed by atoms with E-state index in [9.17, 15) is 0 Å². The Kier molecular flexibility index (Phi) is 8.00. The highest BCUT2D eigenvalue weighted by atomic mass is 14.3. The zero-order chi connectivity index (χ0) is 16.1. The van der Waals surface area contributed by atoms with Crippen LogP contribution in [0.25, 0.3) is 0 Å². The molecule has 0 radical (unpaired) electrons. The molecule has 0 aromatic heterocycles. The predicted molar refractivity (Wildman–Crippen MR) is 91.7 cm³/mol. The summed E-state index contributed by atoms with van der Waals surface area (Å²) in [4.78, 5) is 0. The lowest BCUT2D eigenvalue weighted by Crippen LogP contribution is -2.25. The molecule has 0 rings (SSSR count). The first kappa shape index (κ1) is 21.3. The van der Waals surface area contributed by atoms with E-state index in [0.717, 1.165) is 0 Å². The van der Waals surface area contributed by atoms with Crippen LogP contribution in [0.1, 0.15) is 102 Å². The molecule has 0 fully saturated rings. The molecule has 19 heavy (non-hydrogen) atoms. The van der Waals surface area contributed by atoms with Crippen LogP contribution < -0.4 is 0 Å². The summed E-state index contributed by atoms with van der Waals surface area (Å²) in [5.41, 5.74) is 1.92. The lowest BCUT2D eigenvalue weighted by molar-refractivity contribution is 0.143. The van der Waals surface area contributed by atoms with Crippen LogP contribution >= 0.6 is 0 Å². The van der Waals surface area contributed by atoms with Gasteiger partial charge in [-0.05, 0) is 34.5 Å². The van der Waals surface area contributed by atoms with Gasteiger partial charge < -0.3 is 0 Å². The maximum absolute atomic E-state index is 2.39. The molecule has 0 aromatic rings. The number of hydrogen-bond acceptors (Lipinski definition) is 0. The average molecular weight is 271 g/mol. The Hall–Kier alpha value is 0. The molecule has 0 aliphatic rings. The van der Waals surface area contributed by atoms with Crippen molar-refractivity contribution in [2.45, 2.75) is 102 Å². The molecule has 0 bridgehead atoms. The van der Waals surface area contributed by atoms with Crippen molar-refractivity contribution >= 4 is 0 Å². The Bertz CT molecular complexity index is 206. The van der Waals surface area contributed by atoms with Crippen LogP contribution in [0.4, 0.5) is 0 Å². The van der Waals surface area contributed by atoms with Crippen molar-refractivity contribution in [2.75, 3.05) is 0 Å². The molecule has 0 N–H and O–H groups in total. The van der Waals surface area contributed by atoms with Gasteiger partial charge in [0, 0.05) is 0 Å². The quantitative estimate of drug-likeness (QED) is 0.493. The van der Waals surface area contributed by atoms with Crippen molar-refractivity contribution in [3.05, 3.63) is 0 Å². The highest BCUT2D eigenvalue weighted by Gasteiger charge is 2.29. The molecule has 0 spiro atoms. The first-order valence-electron chi connectivity index (χ1n) is 7.97. The second-order valence-corrected chi connectivity index (χ2v) is 10.6. The smallest absolute Gasteiger partial charge is 0.0344 e. The van der Waals surface area contributed by atoms with Gasteiger partial charge >= 0.3 is 0 Å². The second-order valence-electron chi connectivity index (χ2n) is 10.6. The van der Waals surface area contributed by atoms with E-state index in [2.05, 4.69) is 83.1 Å². The van der Waals surface area contributed by atoms with Gasteiger partial charge in [0.15, 0.2) is 0 Å². The van der Waals surface area contributed by atoms with Crippen LogP contribution in [0.2, 0.25) is 0 Å². The molecule has 0 aliphatic carbocycles. The Morgan fingerprint density at radius 2 is 0.684 bits per heavy atom. The summed E-state index contributed by atoms with van der Waals surface area (Å²) >= 11 is 0. The molecule has 0 amide bonds. The van der Waals surface area contributed by atoms with Crippen molar-refractivity contribution in [3.63, 3.8) is 0 Å². The molecule has 0 aromatic carbocycles. The molecule has 0 unspecified atom stereocenters. The Labute approximate surface area is 124 Å². The molecular formula is C19H42. The van der Waals surface area contributed by atoms with E-state index in [1.165, 1.54) is 19.3 Å². The maximum atomic E-state index is 2.39. The average Bonchev–Trinajstić information content (AvgIpc) is 1.93. The molecule has 0 aliphatic heterocycles. The molecule has 0 nitrogen and oxygen atoms in total. The molecule has 0 heteroatoms. The number of rotatable bonds is 2. The fourth-order valence-electron chi connectivity index (χ4n) is 2.93. The van der Waals surface area contributed by atoms with E-state index in [1.54, 1.807) is 0 Å². The normalized spacial score (nSPS) is 13.9. The molecule has 0 atom stereocenters. The minimum Gasteiger partial charge on any atom is -0.0649 e. The van der Waals surface area contributed by atoms with E-state index in [4.69, 9.17) is 0 Å². The first-order chi connectivity index (χ1) is 7.97. The largest absolute Gasteiger partial charge is 0.0649 e. The summed E-state index contributed by atoms with van der Waals surface area (Å²) in [6.07, 6.45) is 3.88. The summed E-state index contributed by atoms with van der Waals surface area (Å²) in [7, 11) is 0. The van der Waals surface area contributed by atoms with E-state index in [0.29, 0.717) is 21.7 Å². The molecular weight excluding hydrogens is 228 g/mol. The molecule has 0 heterocycles. The van der Waals surface area contributed by atoms with Gasteiger partial charge in [0.1, 0.15) is 0 Å². The van der Waals surface area contributed by atoms with Crippen molar-refractivity contribution in [3.8, 4) is 0 Å². The lowest BCUT2D eigenvalue weighted by atomic mass is 9.69. The monoisotopic (exact) mass is 270 g/mol. The third-order valence-corrected chi connectivity index (χ3v) is 3.08. The van der Waals surface area contributed by atoms with E-state index < -0.39 is 0 Å². The van der Waals surface area contributed by atoms with Crippen LogP contribution in [0.5, 0.6) is 0 Å². The second kappa shape index (κ2) is 7.14. The van der Waals surface area contributed by atoms with Gasteiger partial charge in [0.2, 0.25) is 0 Å². The van der Waals surface area contributed by atoms with Crippen LogP contribution in [0.3, 0.4) is 0 Å². The van der Waals surface area contributed by atoms with Gasteiger partial charge in [-0.25, -0.2) is 0 Å². The Morgan fingerprint density at radius 3 is 0.789 bits per heavy atom. The van der Waals surface area contributed by atoms with E-state index in [-0.39, 0.29) is 0 Å². The van der Waals surface area contributed by atoms with Crippen molar-refractivity contribution in [1.82, 2.24) is 0 Å². The van der Waals surface area contributed by atoms with E-state index >= 15 is 0 Å².